The third-order valence-corrected chi connectivity index (χ3v) is 7.23. The number of imidazole rings is 1. The zero-order chi connectivity index (χ0) is 25.7. The summed E-state index contributed by atoms with van der Waals surface area (Å²) in [5, 5.41) is 11.5. The lowest BCUT2D eigenvalue weighted by atomic mass is 10.1. The number of nitrogens with zero attached hydrogens (tertiary/aromatic N) is 4. The predicted molar refractivity (Wildman–Crippen MR) is 125 cm³/mol. The van der Waals surface area contributed by atoms with E-state index in [1.165, 1.54) is 11.5 Å². The Morgan fingerprint density at radius 2 is 1.71 bits per heavy atom. The van der Waals surface area contributed by atoms with Gasteiger partial charge in [0.2, 0.25) is 5.88 Å². The van der Waals surface area contributed by atoms with Crippen LogP contribution in [0.5, 0.6) is 5.88 Å². The normalized spacial score (nSPS) is 12.3. The molecule has 0 fully saturated rings. The number of benzene rings is 2. The van der Waals surface area contributed by atoms with Gasteiger partial charge in [-0.2, -0.15) is 13.2 Å². The summed E-state index contributed by atoms with van der Waals surface area (Å²) in [6.07, 6.45) is 1.62. The van der Waals surface area contributed by atoms with E-state index in [1.807, 2.05) is 37.2 Å². The molecule has 2 aromatic heterocycles. The number of hydrogen-bond acceptors (Lipinski definition) is 6. The Kier molecular flexibility index (Phi) is 5.87. The topological polar surface area (TPSA) is 97.4 Å². The van der Waals surface area contributed by atoms with Crippen molar-refractivity contribution in [3.63, 3.8) is 0 Å². The summed E-state index contributed by atoms with van der Waals surface area (Å²) in [5.74, 6) is -0.409. The molecule has 0 aliphatic carbocycles. The first kappa shape index (κ1) is 24.3. The maximum absolute atomic E-state index is 13.2. The second-order valence-corrected chi connectivity index (χ2v) is 10.1. The first-order chi connectivity index (χ1) is 16.3. The van der Waals surface area contributed by atoms with E-state index < -0.39 is 31.8 Å². The van der Waals surface area contributed by atoms with Crippen molar-refractivity contribution in [3.8, 4) is 11.6 Å². The Labute approximate surface area is 198 Å². The van der Waals surface area contributed by atoms with Crippen molar-refractivity contribution in [2.24, 2.45) is 0 Å². The van der Waals surface area contributed by atoms with Gasteiger partial charge in [-0.3, -0.25) is 9.55 Å². The smallest absolute Gasteiger partial charge is 0.493 e. The molecule has 0 radical (unpaired) electrons. The first-order valence-corrected chi connectivity index (χ1v) is 11.8. The molecule has 0 bridgehead atoms. The van der Waals surface area contributed by atoms with Crippen LogP contribution in [0.3, 0.4) is 0 Å². The number of anilines is 1. The minimum atomic E-state index is -5.53. The number of aromatic nitrogens is 3. The summed E-state index contributed by atoms with van der Waals surface area (Å²) in [6, 6.07) is 11.0. The van der Waals surface area contributed by atoms with Gasteiger partial charge >= 0.3 is 11.2 Å². The lowest BCUT2D eigenvalue weighted by Gasteiger charge is -2.14. The Bertz CT molecular complexity index is 1590. The second kappa shape index (κ2) is 8.45. The summed E-state index contributed by atoms with van der Waals surface area (Å²) in [6.45, 7) is 1.63. The van der Waals surface area contributed by atoms with E-state index in [9.17, 15) is 31.5 Å². The van der Waals surface area contributed by atoms with Crippen LogP contribution in [0.2, 0.25) is 0 Å². The largest absolute Gasteiger partial charge is 0.501 e. The van der Waals surface area contributed by atoms with Crippen LogP contribution in [0.25, 0.3) is 16.6 Å². The van der Waals surface area contributed by atoms with Crippen molar-refractivity contribution in [3.05, 3.63) is 76.5 Å². The molecular weight excluding hydrogens is 485 g/mol. The third-order valence-electron chi connectivity index (χ3n) is 5.73. The molecule has 12 heteroatoms. The number of halogens is 3. The van der Waals surface area contributed by atoms with E-state index in [4.69, 9.17) is 0 Å². The predicted octanol–water partition coefficient (Wildman–Crippen LogP) is 3.61. The van der Waals surface area contributed by atoms with Crippen LogP contribution in [-0.2, 0) is 16.4 Å². The highest BCUT2D eigenvalue weighted by Crippen LogP contribution is 2.31. The van der Waals surface area contributed by atoms with Crippen molar-refractivity contribution >= 4 is 26.4 Å². The zero-order valence-corrected chi connectivity index (χ0v) is 19.7. The molecule has 1 N–H and O–H groups in total. The van der Waals surface area contributed by atoms with Gasteiger partial charge < -0.3 is 10.0 Å². The molecule has 0 atom stereocenters. The number of sulfone groups is 1. The number of rotatable bonds is 5. The van der Waals surface area contributed by atoms with Gasteiger partial charge in [0.1, 0.15) is 0 Å². The van der Waals surface area contributed by atoms with Gasteiger partial charge in [0, 0.05) is 31.4 Å². The molecule has 0 aliphatic heterocycles. The summed E-state index contributed by atoms with van der Waals surface area (Å²) < 4.78 is 63.9. The van der Waals surface area contributed by atoms with Crippen LogP contribution in [0.1, 0.15) is 11.3 Å². The Morgan fingerprint density at radius 1 is 1.06 bits per heavy atom. The van der Waals surface area contributed by atoms with Gasteiger partial charge in [-0.25, -0.2) is 17.8 Å². The quantitative estimate of drug-likeness (QED) is 0.444. The second-order valence-electron chi connectivity index (χ2n) is 8.12. The minimum Gasteiger partial charge on any atom is -0.493 e. The van der Waals surface area contributed by atoms with E-state index in [0.717, 1.165) is 51.0 Å². The van der Waals surface area contributed by atoms with Gasteiger partial charge in [0.15, 0.2) is 0 Å². The van der Waals surface area contributed by atoms with Crippen LogP contribution in [0.15, 0.2) is 64.4 Å². The molecule has 0 amide bonds. The van der Waals surface area contributed by atoms with E-state index in [1.54, 1.807) is 12.3 Å². The molecule has 2 heterocycles. The average Bonchev–Trinajstić information content (AvgIpc) is 3.01. The van der Waals surface area contributed by atoms with Crippen molar-refractivity contribution in [1.82, 2.24) is 14.1 Å². The Hall–Kier alpha value is -3.80. The van der Waals surface area contributed by atoms with Gasteiger partial charge in [-0.15, -0.1) is 0 Å². The third kappa shape index (κ3) is 4.14. The molecule has 0 saturated carbocycles. The van der Waals surface area contributed by atoms with E-state index in [2.05, 4.69) is 4.98 Å². The van der Waals surface area contributed by atoms with Crippen LogP contribution in [0.4, 0.5) is 18.9 Å². The molecule has 0 spiro atoms. The van der Waals surface area contributed by atoms with Crippen LogP contribution < -0.4 is 10.6 Å². The SMILES string of the molecule is Cc1c(O)n(-c2ccc(S(=O)(=O)C(F)(F)F)cc2)c(=O)n1Cc1ccnc2ccc(N(C)C)cc12. The van der Waals surface area contributed by atoms with Gasteiger partial charge in [0.25, 0.3) is 9.84 Å². The summed E-state index contributed by atoms with van der Waals surface area (Å²) in [7, 11) is -1.74. The molecule has 0 unspecified atom stereocenters. The maximum Gasteiger partial charge on any atom is 0.501 e. The highest BCUT2D eigenvalue weighted by Gasteiger charge is 2.46. The summed E-state index contributed by atoms with van der Waals surface area (Å²) in [4.78, 5) is 18.5. The highest BCUT2D eigenvalue weighted by molar-refractivity contribution is 7.92. The monoisotopic (exact) mass is 506 g/mol. The lowest BCUT2D eigenvalue weighted by molar-refractivity contribution is -0.0436. The molecule has 0 aliphatic rings. The lowest BCUT2D eigenvalue weighted by Crippen LogP contribution is -2.25. The number of aromatic hydroxyl groups is 1. The Morgan fingerprint density at radius 3 is 2.31 bits per heavy atom. The number of fused-ring (bicyclic) bond motifs is 1. The van der Waals surface area contributed by atoms with Crippen LogP contribution in [0, 0.1) is 6.92 Å². The number of pyridine rings is 1. The van der Waals surface area contributed by atoms with Crippen LogP contribution in [-0.4, -0.2) is 47.2 Å². The van der Waals surface area contributed by atoms with E-state index in [0.29, 0.717) is 0 Å². The van der Waals surface area contributed by atoms with Crippen molar-refractivity contribution in [2.75, 3.05) is 19.0 Å². The van der Waals surface area contributed by atoms with Gasteiger partial charge in [0.05, 0.1) is 28.3 Å². The fourth-order valence-corrected chi connectivity index (χ4v) is 4.50. The number of alkyl halides is 3. The van der Waals surface area contributed by atoms with Crippen molar-refractivity contribution < 1.29 is 26.7 Å². The molecule has 0 saturated heterocycles. The van der Waals surface area contributed by atoms with E-state index in [-0.39, 0.29) is 17.9 Å². The van der Waals surface area contributed by atoms with Gasteiger partial charge in [-0.05, 0) is 61.0 Å². The highest BCUT2D eigenvalue weighted by atomic mass is 32.2. The molecule has 4 rings (SSSR count). The molecule has 2 aromatic carbocycles. The zero-order valence-electron chi connectivity index (χ0n) is 18.9. The fraction of sp³-hybridized carbons (Fsp3) is 0.217. The molecule has 35 heavy (non-hydrogen) atoms. The van der Waals surface area contributed by atoms with Crippen molar-refractivity contribution in [1.29, 1.82) is 0 Å². The van der Waals surface area contributed by atoms with Crippen LogP contribution >= 0.6 is 0 Å². The summed E-state index contributed by atoms with van der Waals surface area (Å²) in [5.41, 5.74) is -3.41. The van der Waals surface area contributed by atoms with E-state index >= 15 is 0 Å². The average molecular weight is 507 g/mol. The summed E-state index contributed by atoms with van der Waals surface area (Å²) >= 11 is 0. The maximum atomic E-state index is 13.2. The number of hydrogen-bond donors (Lipinski definition) is 1. The molecule has 4 aromatic rings. The van der Waals surface area contributed by atoms with Gasteiger partial charge in [-0.1, -0.05) is 0 Å². The fourth-order valence-electron chi connectivity index (χ4n) is 3.74. The molecule has 184 valence electrons. The minimum absolute atomic E-state index is 0.0185. The first-order valence-electron chi connectivity index (χ1n) is 10.3. The van der Waals surface area contributed by atoms with Crippen molar-refractivity contribution in [2.45, 2.75) is 23.9 Å². The molecular formula is C23H21F3N4O4S. The standard InChI is InChI=1S/C23H21F3N4O4S/c1-14-21(31)30(16-4-7-18(8-5-16)35(33,34)23(24,25)26)22(32)29(14)13-15-10-11-27-20-9-6-17(28(2)3)12-19(15)20/h4-12,31H,13H2,1-3H3. The molecule has 8 nitrogen and oxygen atoms in total. The Balaban J connectivity index is 1.77.